The van der Waals surface area contributed by atoms with Gasteiger partial charge in [0.05, 0.1) is 26.2 Å². The predicted molar refractivity (Wildman–Crippen MR) is 79.9 cm³/mol. The Hall–Kier alpha value is -1.75. The van der Waals surface area contributed by atoms with Crippen molar-refractivity contribution in [2.45, 2.75) is 19.8 Å². The minimum Gasteiger partial charge on any atom is -0.493 e. The third kappa shape index (κ3) is 3.47. The highest BCUT2D eigenvalue weighted by atomic mass is 16.5. The summed E-state index contributed by atoms with van der Waals surface area (Å²) in [6.07, 6.45) is 0. The lowest BCUT2D eigenvalue weighted by Gasteiger charge is -2.19. The monoisotopic (exact) mass is 293 g/mol. The van der Waals surface area contributed by atoms with E-state index in [9.17, 15) is 4.79 Å². The summed E-state index contributed by atoms with van der Waals surface area (Å²) in [4.78, 5) is 12.0. The van der Waals surface area contributed by atoms with Crippen molar-refractivity contribution >= 4 is 5.97 Å². The van der Waals surface area contributed by atoms with E-state index in [1.807, 2.05) is 32.0 Å². The van der Waals surface area contributed by atoms with Gasteiger partial charge in [0.1, 0.15) is 0 Å². The number of hydrogen-bond donors (Lipinski definition) is 1. The number of rotatable bonds is 6. The summed E-state index contributed by atoms with van der Waals surface area (Å²) in [5.74, 6) is 1.24. The van der Waals surface area contributed by atoms with Gasteiger partial charge in [0.15, 0.2) is 11.5 Å². The zero-order valence-corrected chi connectivity index (χ0v) is 12.8. The largest absolute Gasteiger partial charge is 0.493 e. The summed E-state index contributed by atoms with van der Waals surface area (Å²) in [6.45, 7) is 6.17. The van der Waals surface area contributed by atoms with Crippen LogP contribution < -0.4 is 14.8 Å². The van der Waals surface area contributed by atoms with Gasteiger partial charge in [-0.05, 0) is 31.5 Å². The molecule has 0 spiro atoms. The zero-order chi connectivity index (χ0) is 15.2. The van der Waals surface area contributed by atoms with Crippen molar-refractivity contribution < 1.29 is 19.0 Å². The smallest absolute Gasteiger partial charge is 0.310 e. The molecule has 0 radical (unpaired) electrons. The van der Waals surface area contributed by atoms with Crippen molar-refractivity contribution in [2.75, 3.05) is 33.4 Å². The highest BCUT2D eigenvalue weighted by Crippen LogP contribution is 2.35. The summed E-state index contributed by atoms with van der Waals surface area (Å²) < 4.78 is 16.1. The lowest BCUT2D eigenvalue weighted by Crippen LogP contribution is -2.24. The molecule has 1 heterocycles. The molecule has 116 valence electrons. The molecule has 0 aromatic heterocycles. The molecule has 0 bridgehead atoms. The van der Waals surface area contributed by atoms with E-state index in [1.54, 1.807) is 7.11 Å². The Morgan fingerprint density at radius 3 is 2.71 bits per heavy atom. The molecular weight excluding hydrogens is 270 g/mol. The molecule has 0 unspecified atom stereocenters. The van der Waals surface area contributed by atoms with Crippen LogP contribution in [-0.4, -0.2) is 39.4 Å². The number of nitrogens with one attached hydrogen (secondary N) is 1. The van der Waals surface area contributed by atoms with E-state index in [-0.39, 0.29) is 17.8 Å². The van der Waals surface area contributed by atoms with Crippen LogP contribution in [0.1, 0.15) is 25.3 Å². The van der Waals surface area contributed by atoms with Crippen LogP contribution in [0.4, 0.5) is 0 Å². The van der Waals surface area contributed by atoms with Gasteiger partial charge in [0, 0.05) is 19.0 Å². The molecule has 1 aromatic rings. The molecule has 1 N–H and O–H groups in total. The van der Waals surface area contributed by atoms with Crippen molar-refractivity contribution in [3.8, 4) is 11.5 Å². The molecular formula is C16H23NO4. The second-order valence-corrected chi connectivity index (χ2v) is 4.97. The molecule has 21 heavy (non-hydrogen) atoms. The Morgan fingerprint density at radius 2 is 2.05 bits per heavy atom. The van der Waals surface area contributed by atoms with E-state index in [4.69, 9.17) is 14.2 Å². The third-order valence-corrected chi connectivity index (χ3v) is 3.72. The van der Waals surface area contributed by atoms with Crippen molar-refractivity contribution in [3.05, 3.63) is 23.8 Å². The van der Waals surface area contributed by atoms with Crippen molar-refractivity contribution in [3.63, 3.8) is 0 Å². The standard InChI is InChI=1S/C16H23NO4/c1-4-20-15-8-11(6-7-14(15)19-3)12-9-17-10-13(12)16(18)21-5-2/h6-8,12-13,17H,4-5,9-10H2,1-3H3/t12-,13+/m0/s1. The number of methoxy groups -OCH3 is 1. The van der Waals surface area contributed by atoms with Gasteiger partial charge in [-0.15, -0.1) is 0 Å². The maximum Gasteiger partial charge on any atom is 0.310 e. The summed E-state index contributed by atoms with van der Waals surface area (Å²) in [5.41, 5.74) is 1.07. The second-order valence-electron chi connectivity index (χ2n) is 4.97. The molecule has 2 atom stereocenters. The highest BCUT2D eigenvalue weighted by Gasteiger charge is 2.35. The number of carbonyl (C=O) groups is 1. The maximum atomic E-state index is 12.0. The average Bonchev–Trinajstić information content (AvgIpc) is 2.97. The van der Waals surface area contributed by atoms with E-state index in [2.05, 4.69) is 5.32 Å². The molecule has 5 nitrogen and oxygen atoms in total. The van der Waals surface area contributed by atoms with Gasteiger partial charge in [-0.1, -0.05) is 6.07 Å². The predicted octanol–water partition coefficient (Wildman–Crippen LogP) is 1.96. The molecule has 1 fully saturated rings. The van der Waals surface area contributed by atoms with Crippen molar-refractivity contribution in [2.24, 2.45) is 5.92 Å². The minimum absolute atomic E-state index is 0.106. The molecule has 0 amide bonds. The Balaban J connectivity index is 2.23. The quantitative estimate of drug-likeness (QED) is 0.813. The summed E-state index contributed by atoms with van der Waals surface area (Å²) in [7, 11) is 1.62. The van der Waals surface area contributed by atoms with Gasteiger partial charge in [-0.2, -0.15) is 0 Å². The van der Waals surface area contributed by atoms with Crippen LogP contribution in [-0.2, 0) is 9.53 Å². The van der Waals surface area contributed by atoms with Crippen LogP contribution in [0.3, 0.4) is 0 Å². The Labute approximate surface area is 125 Å². The first kappa shape index (κ1) is 15.6. The number of ether oxygens (including phenoxy) is 3. The first-order valence-corrected chi connectivity index (χ1v) is 7.39. The third-order valence-electron chi connectivity index (χ3n) is 3.72. The van der Waals surface area contributed by atoms with Crippen LogP contribution in [0.2, 0.25) is 0 Å². The van der Waals surface area contributed by atoms with Gasteiger partial charge in [0.25, 0.3) is 0 Å². The van der Waals surface area contributed by atoms with E-state index in [1.165, 1.54) is 0 Å². The first-order chi connectivity index (χ1) is 10.2. The molecule has 0 aliphatic carbocycles. The summed E-state index contributed by atoms with van der Waals surface area (Å²) in [6, 6.07) is 5.85. The van der Waals surface area contributed by atoms with E-state index in [0.29, 0.717) is 31.3 Å². The molecule has 1 aliphatic rings. The topological polar surface area (TPSA) is 56.8 Å². The summed E-state index contributed by atoms with van der Waals surface area (Å²) in [5, 5.41) is 3.27. The van der Waals surface area contributed by atoms with Crippen LogP contribution in [0.25, 0.3) is 0 Å². The van der Waals surface area contributed by atoms with Gasteiger partial charge in [-0.25, -0.2) is 0 Å². The fraction of sp³-hybridized carbons (Fsp3) is 0.562. The van der Waals surface area contributed by atoms with Gasteiger partial charge >= 0.3 is 5.97 Å². The van der Waals surface area contributed by atoms with Crippen molar-refractivity contribution in [1.29, 1.82) is 0 Å². The minimum atomic E-state index is -0.146. The number of carbonyl (C=O) groups excluding carboxylic acids is 1. The maximum absolute atomic E-state index is 12.0. The molecule has 1 saturated heterocycles. The molecule has 2 rings (SSSR count). The van der Waals surface area contributed by atoms with E-state index >= 15 is 0 Å². The zero-order valence-electron chi connectivity index (χ0n) is 12.8. The van der Waals surface area contributed by atoms with E-state index < -0.39 is 0 Å². The fourth-order valence-corrected chi connectivity index (χ4v) is 2.72. The van der Waals surface area contributed by atoms with Crippen LogP contribution >= 0.6 is 0 Å². The van der Waals surface area contributed by atoms with Crippen molar-refractivity contribution in [1.82, 2.24) is 5.32 Å². The SMILES string of the molecule is CCOC(=O)[C@@H]1CNC[C@H]1c1ccc(OC)c(OCC)c1. The molecule has 1 aromatic carbocycles. The number of esters is 1. The molecule has 0 saturated carbocycles. The lowest BCUT2D eigenvalue weighted by molar-refractivity contribution is -0.147. The van der Waals surface area contributed by atoms with Gasteiger partial charge < -0.3 is 19.5 Å². The molecule has 1 aliphatic heterocycles. The normalized spacial score (nSPS) is 21.1. The lowest BCUT2D eigenvalue weighted by atomic mass is 9.89. The Morgan fingerprint density at radius 1 is 1.24 bits per heavy atom. The number of benzene rings is 1. The highest BCUT2D eigenvalue weighted by molar-refractivity contribution is 5.74. The second kappa shape index (κ2) is 7.31. The molecule has 5 heteroatoms. The van der Waals surface area contributed by atoms with Crippen LogP contribution in [0.15, 0.2) is 18.2 Å². The van der Waals surface area contributed by atoms with Gasteiger partial charge in [0.2, 0.25) is 0 Å². The van der Waals surface area contributed by atoms with Crippen LogP contribution in [0.5, 0.6) is 11.5 Å². The number of hydrogen-bond acceptors (Lipinski definition) is 5. The average molecular weight is 293 g/mol. The first-order valence-electron chi connectivity index (χ1n) is 7.39. The van der Waals surface area contributed by atoms with Crippen LogP contribution in [0, 0.1) is 5.92 Å². The van der Waals surface area contributed by atoms with Gasteiger partial charge in [-0.3, -0.25) is 4.79 Å². The fourth-order valence-electron chi connectivity index (χ4n) is 2.72. The Kier molecular flexibility index (Phi) is 5.44. The Bertz CT molecular complexity index is 489. The summed E-state index contributed by atoms with van der Waals surface area (Å²) >= 11 is 0. The van der Waals surface area contributed by atoms with E-state index in [0.717, 1.165) is 12.1 Å².